The zero-order valence-corrected chi connectivity index (χ0v) is 15.1. The number of aryl methyl sites for hydroxylation is 1. The maximum absolute atomic E-state index is 13.5. The second-order valence-corrected chi connectivity index (χ2v) is 6.01. The Morgan fingerprint density at radius 2 is 1.79 bits per heavy atom. The van der Waals surface area contributed by atoms with Gasteiger partial charge in [-0.3, -0.25) is 9.59 Å². The Kier molecular flexibility index (Phi) is 5.86. The fourth-order valence-corrected chi connectivity index (χ4v) is 2.42. The maximum atomic E-state index is 13.5. The van der Waals surface area contributed by atoms with Crippen molar-refractivity contribution in [1.29, 1.82) is 0 Å². The number of carbonyl (C=O) groups is 2. The Bertz CT molecular complexity index is 1070. The van der Waals surface area contributed by atoms with Crippen LogP contribution in [0.15, 0.2) is 36.4 Å². The summed E-state index contributed by atoms with van der Waals surface area (Å²) in [6.45, 7) is 1.07. The molecular weight excluding hydrogens is 389 g/mol. The largest absolute Gasteiger partial charge is 0.345 e. The Morgan fingerprint density at radius 3 is 2.55 bits per heavy atom. The molecule has 0 unspecified atom stereocenters. The van der Waals surface area contributed by atoms with Crippen LogP contribution in [0.1, 0.15) is 5.56 Å². The van der Waals surface area contributed by atoms with Crippen LogP contribution in [0.5, 0.6) is 0 Å². The lowest BCUT2D eigenvalue weighted by atomic mass is 10.1. The van der Waals surface area contributed by atoms with Gasteiger partial charge in [-0.1, -0.05) is 24.3 Å². The number of rotatable bonds is 6. The van der Waals surface area contributed by atoms with E-state index in [0.29, 0.717) is 11.9 Å². The number of anilines is 1. The molecule has 29 heavy (non-hydrogen) atoms. The fraction of sp³-hybridized carbons (Fsp3) is 0.167. The van der Waals surface area contributed by atoms with Crippen LogP contribution in [0, 0.1) is 24.4 Å². The fourth-order valence-electron chi connectivity index (χ4n) is 2.42. The highest BCUT2D eigenvalue weighted by molar-refractivity contribution is 5.94. The molecule has 3 rings (SSSR count). The van der Waals surface area contributed by atoms with E-state index in [9.17, 15) is 22.8 Å². The molecule has 1 aromatic heterocycles. The van der Waals surface area contributed by atoms with Gasteiger partial charge in [0.05, 0.1) is 12.2 Å². The summed E-state index contributed by atoms with van der Waals surface area (Å²) in [5, 5.41) is 16.1. The number of halogens is 3. The van der Waals surface area contributed by atoms with Gasteiger partial charge in [-0.25, -0.2) is 13.2 Å². The minimum Gasteiger partial charge on any atom is -0.345 e. The van der Waals surface area contributed by atoms with Crippen LogP contribution in [-0.2, 0) is 16.1 Å². The molecule has 0 saturated heterocycles. The number of nitrogens with zero attached hydrogens (tertiary/aromatic N) is 4. The summed E-state index contributed by atoms with van der Waals surface area (Å²) in [5.41, 5.74) is 1.17. The first-order valence-corrected chi connectivity index (χ1v) is 8.39. The van der Waals surface area contributed by atoms with E-state index in [0.717, 1.165) is 22.0 Å². The number of hydrogen-bond donors (Lipinski definition) is 2. The average Bonchev–Trinajstić information content (AvgIpc) is 3.15. The predicted octanol–water partition coefficient (Wildman–Crippen LogP) is 1.82. The first kappa shape index (κ1) is 20.0. The molecule has 2 N–H and O–H groups in total. The first-order chi connectivity index (χ1) is 13.8. The predicted molar refractivity (Wildman–Crippen MR) is 95.9 cm³/mol. The van der Waals surface area contributed by atoms with Crippen molar-refractivity contribution in [3.63, 3.8) is 0 Å². The lowest BCUT2D eigenvalue weighted by molar-refractivity contribution is -0.124. The van der Waals surface area contributed by atoms with Crippen LogP contribution >= 0.6 is 0 Å². The molecular formula is C18H15F3N6O2. The molecule has 0 atom stereocenters. The second kappa shape index (κ2) is 8.50. The highest BCUT2D eigenvalue weighted by atomic mass is 19.2. The number of benzene rings is 2. The lowest BCUT2D eigenvalue weighted by Crippen LogP contribution is -2.35. The van der Waals surface area contributed by atoms with E-state index in [1.807, 2.05) is 36.5 Å². The van der Waals surface area contributed by atoms with Crippen LogP contribution in [0.3, 0.4) is 0 Å². The molecule has 150 valence electrons. The number of nitrogens with one attached hydrogen (secondary N) is 2. The number of tetrazole rings is 1. The van der Waals surface area contributed by atoms with Gasteiger partial charge in [0.15, 0.2) is 17.5 Å². The summed E-state index contributed by atoms with van der Waals surface area (Å²) in [6.07, 6.45) is 0. The lowest BCUT2D eigenvalue weighted by Gasteiger charge is -2.08. The highest BCUT2D eigenvalue weighted by Crippen LogP contribution is 2.19. The van der Waals surface area contributed by atoms with Crippen LogP contribution in [-0.4, -0.2) is 38.6 Å². The summed E-state index contributed by atoms with van der Waals surface area (Å²) in [4.78, 5) is 24.8. The van der Waals surface area contributed by atoms with Crippen LogP contribution < -0.4 is 10.6 Å². The van der Waals surface area contributed by atoms with E-state index in [1.165, 1.54) is 0 Å². The van der Waals surface area contributed by atoms with Crippen molar-refractivity contribution >= 4 is 17.5 Å². The standard InChI is InChI=1S/C18H15F3N6O2/c1-10-4-2-3-5-11(10)18-24-26-27(25-18)9-15(29)22-8-14(28)23-13-7-6-12(19)16(20)17(13)21/h2-7H,8-9H2,1H3,(H,22,29)(H,23,28). The number of hydrogen-bond acceptors (Lipinski definition) is 5. The van der Waals surface area contributed by atoms with Gasteiger partial charge in [-0.15, -0.1) is 10.2 Å². The van der Waals surface area contributed by atoms with Gasteiger partial charge in [0, 0.05) is 5.56 Å². The SMILES string of the molecule is Cc1ccccc1-c1nnn(CC(=O)NCC(=O)Nc2ccc(F)c(F)c2F)n1. The zero-order valence-electron chi connectivity index (χ0n) is 15.1. The molecule has 2 amide bonds. The molecule has 1 heterocycles. The third kappa shape index (κ3) is 4.75. The molecule has 0 bridgehead atoms. The monoisotopic (exact) mass is 404 g/mol. The molecule has 0 fully saturated rings. The van der Waals surface area contributed by atoms with E-state index in [2.05, 4.69) is 20.7 Å². The maximum Gasteiger partial charge on any atom is 0.244 e. The number of aromatic nitrogens is 4. The summed E-state index contributed by atoms with van der Waals surface area (Å²) in [6, 6.07) is 8.95. The van der Waals surface area contributed by atoms with Gasteiger partial charge in [-0.2, -0.15) is 4.80 Å². The van der Waals surface area contributed by atoms with Gasteiger partial charge in [0.2, 0.25) is 17.6 Å². The Morgan fingerprint density at radius 1 is 1.03 bits per heavy atom. The summed E-state index contributed by atoms with van der Waals surface area (Å²) in [7, 11) is 0. The van der Waals surface area contributed by atoms with Crippen molar-refractivity contribution in [3.8, 4) is 11.4 Å². The smallest absolute Gasteiger partial charge is 0.244 e. The summed E-state index contributed by atoms with van der Waals surface area (Å²) >= 11 is 0. The molecule has 0 saturated carbocycles. The Hall–Kier alpha value is -3.76. The van der Waals surface area contributed by atoms with E-state index in [-0.39, 0.29) is 6.54 Å². The summed E-state index contributed by atoms with van der Waals surface area (Å²) < 4.78 is 39.6. The molecule has 0 aliphatic heterocycles. The van der Waals surface area contributed by atoms with Crippen molar-refractivity contribution in [2.45, 2.75) is 13.5 Å². The Balaban J connectivity index is 1.53. The molecule has 8 nitrogen and oxygen atoms in total. The molecule has 11 heteroatoms. The van der Waals surface area contributed by atoms with E-state index >= 15 is 0 Å². The molecule has 0 aliphatic rings. The van der Waals surface area contributed by atoms with Gasteiger partial charge in [-0.05, 0) is 29.8 Å². The molecule has 0 radical (unpaired) electrons. The van der Waals surface area contributed by atoms with E-state index in [1.54, 1.807) is 0 Å². The van der Waals surface area contributed by atoms with Crippen molar-refractivity contribution in [1.82, 2.24) is 25.5 Å². The van der Waals surface area contributed by atoms with Gasteiger partial charge in [0.1, 0.15) is 6.54 Å². The molecule has 0 aliphatic carbocycles. The third-order valence-electron chi connectivity index (χ3n) is 3.88. The number of carbonyl (C=O) groups excluding carboxylic acids is 2. The van der Waals surface area contributed by atoms with Crippen molar-refractivity contribution in [2.24, 2.45) is 0 Å². The zero-order chi connectivity index (χ0) is 21.0. The Labute approximate surface area is 162 Å². The van der Waals surface area contributed by atoms with E-state index in [4.69, 9.17) is 0 Å². The highest BCUT2D eigenvalue weighted by Gasteiger charge is 2.16. The van der Waals surface area contributed by atoms with Crippen molar-refractivity contribution in [2.75, 3.05) is 11.9 Å². The van der Waals surface area contributed by atoms with Crippen LogP contribution in [0.25, 0.3) is 11.4 Å². The molecule has 0 spiro atoms. The average molecular weight is 404 g/mol. The van der Waals surface area contributed by atoms with Gasteiger partial charge < -0.3 is 10.6 Å². The van der Waals surface area contributed by atoms with Crippen LogP contribution in [0.2, 0.25) is 0 Å². The van der Waals surface area contributed by atoms with Gasteiger partial charge in [0.25, 0.3) is 0 Å². The van der Waals surface area contributed by atoms with Crippen molar-refractivity contribution < 1.29 is 22.8 Å². The summed E-state index contributed by atoms with van der Waals surface area (Å²) in [5.74, 6) is -5.68. The molecule has 3 aromatic rings. The normalized spacial score (nSPS) is 10.6. The molecule has 2 aromatic carbocycles. The van der Waals surface area contributed by atoms with E-state index < -0.39 is 41.5 Å². The topological polar surface area (TPSA) is 102 Å². The first-order valence-electron chi connectivity index (χ1n) is 8.39. The van der Waals surface area contributed by atoms with Gasteiger partial charge >= 0.3 is 0 Å². The minimum absolute atomic E-state index is 0.300. The minimum atomic E-state index is -1.70. The van der Waals surface area contributed by atoms with Crippen molar-refractivity contribution in [3.05, 3.63) is 59.4 Å². The number of amides is 2. The second-order valence-electron chi connectivity index (χ2n) is 6.01. The van der Waals surface area contributed by atoms with Crippen LogP contribution in [0.4, 0.5) is 18.9 Å². The third-order valence-corrected chi connectivity index (χ3v) is 3.88. The quantitative estimate of drug-likeness (QED) is 0.611.